The van der Waals surface area contributed by atoms with Crippen LogP contribution < -0.4 is 20.9 Å². The Balaban J connectivity index is 1.77. The fraction of sp³-hybridized carbons (Fsp3) is 0.318. The number of carbonyl (C=O) groups excluding carboxylic acids is 3. The molecule has 3 N–H and O–H groups in total. The van der Waals surface area contributed by atoms with Crippen LogP contribution in [0, 0.1) is 13.8 Å². The number of para-hydroxylation sites is 2. The van der Waals surface area contributed by atoms with Crippen molar-refractivity contribution in [2.24, 2.45) is 0 Å². The number of thioether (sulfide) groups is 1. The van der Waals surface area contributed by atoms with Gasteiger partial charge in [-0.1, -0.05) is 24.3 Å². The van der Waals surface area contributed by atoms with Gasteiger partial charge in [0.1, 0.15) is 12.6 Å². The van der Waals surface area contributed by atoms with E-state index in [9.17, 15) is 14.4 Å². The Kier molecular flexibility index (Phi) is 6.99. The second-order valence-corrected chi connectivity index (χ2v) is 8.23. The number of rotatable bonds is 6. The highest BCUT2D eigenvalue weighted by molar-refractivity contribution is 7.98. The summed E-state index contributed by atoms with van der Waals surface area (Å²) < 4.78 is 0. The lowest BCUT2D eigenvalue weighted by Gasteiger charge is -2.30. The quantitative estimate of drug-likeness (QED) is 0.659. The molecule has 4 amide bonds. The van der Waals surface area contributed by atoms with Gasteiger partial charge in [-0.3, -0.25) is 14.5 Å². The Morgan fingerprint density at radius 1 is 1.20 bits per heavy atom. The fourth-order valence-electron chi connectivity index (χ4n) is 3.24. The van der Waals surface area contributed by atoms with Crippen LogP contribution in [0.3, 0.4) is 0 Å². The lowest BCUT2D eigenvalue weighted by atomic mass is 10.1. The number of fused-ring (bicyclic) bond motifs is 1. The van der Waals surface area contributed by atoms with Crippen LogP contribution in [0.2, 0.25) is 0 Å². The molecule has 0 radical (unpaired) electrons. The molecule has 0 aromatic heterocycles. The summed E-state index contributed by atoms with van der Waals surface area (Å²) in [7, 11) is 0. The number of carbonyl (C=O) groups is 3. The number of aryl methyl sites for hydroxylation is 2. The zero-order valence-corrected chi connectivity index (χ0v) is 18.1. The molecule has 1 heterocycles. The third-order valence-corrected chi connectivity index (χ3v) is 5.54. The van der Waals surface area contributed by atoms with Crippen LogP contribution in [0.5, 0.6) is 0 Å². The molecule has 30 heavy (non-hydrogen) atoms. The molecule has 8 heteroatoms. The van der Waals surface area contributed by atoms with Gasteiger partial charge in [-0.25, -0.2) is 4.79 Å². The molecule has 0 saturated carbocycles. The Hall–Kier alpha value is -3.00. The van der Waals surface area contributed by atoms with Crippen molar-refractivity contribution in [2.75, 3.05) is 34.1 Å². The first-order chi connectivity index (χ1) is 14.4. The first-order valence-corrected chi connectivity index (χ1v) is 11.1. The first-order valence-electron chi connectivity index (χ1n) is 9.73. The molecule has 1 aliphatic heterocycles. The van der Waals surface area contributed by atoms with E-state index in [4.69, 9.17) is 0 Å². The van der Waals surface area contributed by atoms with Crippen molar-refractivity contribution in [1.82, 2.24) is 5.32 Å². The Morgan fingerprint density at radius 2 is 1.97 bits per heavy atom. The maximum absolute atomic E-state index is 13.0. The van der Waals surface area contributed by atoms with Gasteiger partial charge in [-0.2, -0.15) is 11.8 Å². The van der Waals surface area contributed by atoms with Crippen LogP contribution in [-0.4, -0.2) is 42.4 Å². The number of nitrogens with one attached hydrogen (secondary N) is 3. The Bertz CT molecular complexity index is 963. The summed E-state index contributed by atoms with van der Waals surface area (Å²) in [5, 5.41) is 8.51. The van der Waals surface area contributed by atoms with E-state index in [2.05, 4.69) is 16.0 Å². The first kappa shape index (κ1) is 21.7. The summed E-state index contributed by atoms with van der Waals surface area (Å²) in [6.07, 6.45) is 2.43. The van der Waals surface area contributed by atoms with Gasteiger partial charge in [0.2, 0.25) is 11.8 Å². The summed E-state index contributed by atoms with van der Waals surface area (Å²) in [5.41, 5.74) is 3.89. The topological polar surface area (TPSA) is 90.5 Å². The van der Waals surface area contributed by atoms with E-state index in [1.54, 1.807) is 36.0 Å². The third-order valence-electron chi connectivity index (χ3n) is 4.89. The van der Waals surface area contributed by atoms with Crippen LogP contribution in [0.4, 0.5) is 21.9 Å². The van der Waals surface area contributed by atoms with Gasteiger partial charge in [-0.15, -0.1) is 0 Å². The van der Waals surface area contributed by atoms with Crippen molar-refractivity contribution in [3.8, 4) is 0 Å². The average Bonchev–Trinajstić information content (AvgIpc) is 2.72. The smallest absolute Gasteiger partial charge is 0.323 e. The van der Waals surface area contributed by atoms with E-state index >= 15 is 0 Å². The molecule has 1 unspecified atom stereocenters. The predicted octanol–water partition coefficient (Wildman–Crippen LogP) is 3.53. The second kappa shape index (κ2) is 9.67. The summed E-state index contributed by atoms with van der Waals surface area (Å²) in [5.74, 6) is 0.160. The molecule has 158 valence electrons. The number of urea groups is 1. The summed E-state index contributed by atoms with van der Waals surface area (Å²) in [6, 6.07) is 11.7. The normalized spacial score (nSPS) is 13.8. The van der Waals surface area contributed by atoms with Gasteiger partial charge in [-0.05, 0) is 61.6 Å². The molecule has 2 aromatic carbocycles. The van der Waals surface area contributed by atoms with E-state index in [0.29, 0.717) is 23.5 Å². The number of hydrogen-bond acceptors (Lipinski definition) is 4. The lowest BCUT2D eigenvalue weighted by molar-refractivity contribution is -0.118. The molecule has 0 bridgehead atoms. The lowest BCUT2D eigenvalue weighted by Crippen LogP contribution is -2.53. The van der Waals surface area contributed by atoms with Crippen molar-refractivity contribution < 1.29 is 14.4 Å². The second-order valence-electron chi connectivity index (χ2n) is 7.24. The Labute approximate surface area is 180 Å². The number of hydrogen-bond donors (Lipinski definition) is 3. The minimum Gasteiger partial charge on any atom is -0.326 e. The minimum atomic E-state index is -0.720. The van der Waals surface area contributed by atoms with Crippen molar-refractivity contribution in [1.29, 1.82) is 0 Å². The molecule has 0 saturated heterocycles. The average molecular weight is 427 g/mol. The van der Waals surface area contributed by atoms with Crippen LogP contribution in [0.15, 0.2) is 42.5 Å². The minimum absolute atomic E-state index is 0.100. The molecule has 1 atom stereocenters. The molecular formula is C22H26N4O3S. The number of anilines is 3. The molecule has 2 aromatic rings. The van der Waals surface area contributed by atoms with Gasteiger partial charge in [0, 0.05) is 5.69 Å². The number of benzene rings is 2. The maximum Gasteiger partial charge on any atom is 0.323 e. The molecule has 0 spiro atoms. The van der Waals surface area contributed by atoms with Crippen molar-refractivity contribution in [3.05, 3.63) is 53.6 Å². The van der Waals surface area contributed by atoms with Crippen LogP contribution >= 0.6 is 11.8 Å². The predicted molar refractivity (Wildman–Crippen MR) is 122 cm³/mol. The molecule has 0 fully saturated rings. The van der Waals surface area contributed by atoms with Gasteiger partial charge in [0.05, 0.1) is 11.4 Å². The zero-order chi connectivity index (χ0) is 21.7. The van der Waals surface area contributed by atoms with Gasteiger partial charge in [0.25, 0.3) is 0 Å². The molecule has 1 aliphatic rings. The van der Waals surface area contributed by atoms with Crippen LogP contribution in [-0.2, 0) is 9.59 Å². The molecule has 7 nitrogen and oxygen atoms in total. The van der Waals surface area contributed by atoms with Crippen LogP contribution in [0.1, 0.15) is 17.5 Å². The highest BCUT2D eigenvalue weighted by Crippen LogP contribution is 2.29. The number of nitrogens with zero attached hydrogens (tertiary/aromatic N) is 1. The van der Waals surface area contributed by atoms with Crippen molar-refractivity contribution >= 4 is 46.7 Å². The molecule has 0 aliphatic carbocycles. The summed E-state index contributed by atoms with van der Waals surface area (Å²) in [4.78, 5) is 39.4. The summed E-state index contributed by atoms with van der Waals surface area (Å²) >= 11 is 1.60. The third kappa shape index (κ3) is 5.13. The van der Waals surface area contributed by atoms with Gasteiger partial charge < -0.3 is 16.0 Å². The standard InChI is InChI=1S/C22H26N4O3S/c1-14-8-9-15(2)18(12-14)24-21(28)17(10-11-30-3)25-22(29)26-13-20(27)23-16-6-4-5-7-19(16)26/h4-9,12,17H,10-11,13H2,1-3H3,(H,23,27)(H,24,28)(H,25,29). The maximum atomic E-state index is 13.0. The SMILES string of the molecule is CSCCC(NC(=O)N1CC(=O)Nc2ccccc21)C(=O)Nc1cc(C)ccc1C. The highest BCUT2D eigenvalue weighted by Gasteiger charge is 2.29. The van der Waals surface area contributed by atoms with E-state index < -0.39 is 12.1 Å². The number of amides is 4. The zero-order valence-electron chi connectivity index (χ0n) is 17.3. The largest absolute Gasteiger partial charge is 0.326 e. The monoisotopic (exact) mass is 426 g/mol. The Morgan fingerprint density at radius 3 is 2.73 bits per heavy atom. The van der Waals surface area contributed by atoms with E-state index in [1.807, 2.05) is 38.3 Å². The molecule has 3 rings (SSSR count). The summed E-state index contributed by atoms with van der Waals surface area (Å²) in [6.45, 7) is 3.78. The van der Waals surface area contributed by atoms with Gasteiger partial charge in [0.15, 0.2) is 0 Å². The van der Waals surface area contributed by atoms with Gasteiger partial charge >= 0.3 is 6.03 Å². The molecular weight excluding hydrogens is 400 g/mol. The van der Waals surface area contributed by atoms with E-state index in [1.165, 1.54) is 4.90 Å². The van der Waals surface area contributed by atoms with Crippen molar-refractivity contribution in [2.45, 2.75) is 26.3 Å². The fourth-order valence-corrected chi connectivity index (χ4v) is 3.71. The van der Waals surface area contributed by atoms with E-state index in [-0.39, 0.29) is 18.4 Å². The van der Waals surface area contributed by atoms with E-state index in [0.717, 1.165) is 16.8 Å². The highest BCUT2D eigenvalue weighted by atomic mass is 32.2. The van der Waals surface area contributed by atoms with Crippen LogP contribution in [0.25, 0.3) is 0 Å². The van der Waals surface area contributed by atoms with Crippen molar-refractivity contribution in [3.63, 3.8) is 0 Å².